The van der Waals surface area contributed by atoms with Crippen LogP contribution >= 0.6 is 0 Å². The number of piperidine rings is 1. The van der Waals surface area contributed by atoms with Crippen molar-refractivity contribution in [1.29, 1.82) is 0 Å². The highest BCUT2D eigenvalue weighted by molar-refractivity contribution is 5.68. The zero-order valence-electron chi connectivity index (χ0n) is 12.6. The first-order valence-corrected chi connectivity index (χ1v) is 7.23. The van der Waals surface area contributed by atoms with E-state index < -0.39 is 5.60 Å². The number of dihydropyridines is 1. The van der Waals surface area contributed by atoms with Crippen molar-refractivity contribution >= 4 is 6.09 Å². The summed E-state index contributed by atoms with van der Waals surface area (Å²) in [5.41, 5.74) is 6.58. The number of nitrogens with zero attached hydrogens (tertiary/aromatic N) is 1. The summed E-state index contributed by atoms with van der Waals surface area (Å²) in [5.74, 6) is 0.491. The fourth-order valence-corrected chi connectivity index (χ4v) is 2.49. The lowest BCUT2D eigenvalue weighted by molar-refractivity contribution is 0.0195. The Labute approximate surface area is 120 Å². The first-order valence-electron chi connectivity index (χ1n) is 7.23. The molecule has 0 aliphatic carbocycles. The molecule has 5 heteroatoms. The van der Waals surface area contributed by atoms with Gasteiger partial charge in [-0.2, -0.15) is 0 Å². The molecular weight excluding hydrogens is 254 g/mol. The van der Waals surface area contributed by atoms with E-state index in [-0.39, 0.29) is 12.3 Å². The Morgan fingerprint density at radius 1 is 1.40 bits per heavy atom. The second-order valence-electron chi connectivity index (χ2n) is 6.44. The SMILES string of the molecule is CC(C)(C)OC(=O)N1CCC(C2=CNC(N)C=C2)CC1. The van der Waals surface area contributed by atoms with Gasteiger partial charge < -0.3 is 20.7 Å². The second kappa shape index (κ2) is 5.87. The molecule has 0 aromatic carbocycles. The molecule has 0 spiro atoms. The number of allylic oxidation sites excluding steroid dienone is 2. The van der Waals surface area contributed by atoms with Gasteiger partial charge in [-0.05, 0) is 51.2 Å². The van der Waals surface area contributed by atoms with Crippen molar-refractivity contribution in [2.24, 2.45) is 11.7 Å². The number of rotatable bonds is 1. The van der Waals surface area contributed by atoms with Crippen molar-refractivity contribution in [3.63, 3.8) is 0 Å². The number of amides is 1. The van der Waals surface area contributed by atoms with Crippen LogP contribution in [0.4, 0.5) is 4.79 Å². The fourth-order valence-electron chi connectivity index (χ4n) is 2.49. The molecule has 1 atom stereocenters. The van der Waals surface area contributed by atoms with Crippen LogP contribution in [0.15, 0.2) is 23.9 Å². The van der Waals surface area contributed by atoms with Gasteiger partial charge in [0, 0.05) is 19.3 Å². The van der Waals surface area contributed by atoms with Gasteiger partial charge >= 0.3 is 6.09 Å². The van der Waals surface area contributed by atoms with Crippen LogP contribution in [0.3, 0.4) is 0 Å². The summed E-state index contributed by atoms with van der Waals surface area (Å²) in [5, 5.41) is 3.12. The molecule has 0 aromatic rings. The summed E-state index contributed by atoms with van der Waals surface area (Å²) in [7, 11) is 0. The minimum absolute atomic E-state index is 0.0828. The number of carbonyl (C=O) groups is 1. The Kier molecular flexibility index (Phi) is 4.38. The van der Waals surface area contributed by atoms with Crippen molar-refractivity contribution in [3.8, 4) is 0 Å². The smallest absolute Gasteiger partial charge is 0.410 e. The number of nitrogens with two attached hydrogens (primary N) is 1. The summed E-state index contributed by atoms with van der Waals surface area (Å²) in [6, 6.07) is 0. The van der Waals surface area contributed by atoms with Crippen LogP contribution in [-0.2, 0) is 4.74 Å². The zero-order chi connectivity index (χ0) is 14.8. The van der Waals surface area contributed by atoms with Crippen LogP contribution in [0.5, 0.6) is 0 Å². The summed E-state index contributed by atoms with van der Waals surface area (Å²) < 4.78 is 5.40. The maximum atomic E-state index is 12.0. The van der Waals surface area contributed by atoms with E-state index in [1.165, 1.54) is 5.57 Å². The summed E-state index contributed by atoms with van der Waals surface area (Å²) >= 11 is 0. The average molecular weight is 279 g/mol. The van der Waals surface area contributed by atoms with Crippen LogP contribution in [0.1, 0.15) is 33.6 Å². The van der Waals surface area contributed by atoms with Crippen molar-refractivity contribution in [3.05, 3.63) is 23.9 Å². The third-order valence-electron chi connectivity index (χ3n) is 3.56. The predicted octanol–water partition coefficient (Wildman–Crippen LogP) is 1.96. The van der Waals surface area contributed by atoms with Gasteiger partial charge in [0.05, 0.1) is 6.17 Å². The molecule has 0 aromatic heterocycles. The number of nitrogens with one attached hydrogen (secondary N) is 1. The molecule has 0 radical (unpaired) electrons. The van der Waals surface area contributed by atoms with E-state index in [1.54, 1.807) is 4.90 Å². The highest BCUT2D eigenvalue weighted by Gasteiger charge is 2.28. The minimum Gasteiger partial charge on any atom is -0.444 e. The Bertz CT molecular complexity index is 415. The van der Waals surface area contributed by atoms with Crippen LogP contribution in [-0.4, -0.2) is 35.8 Å². The molecule has 20 heavy (non-hydrogen) atoms. The maximum Gasteiger partial charge on any atom is 0.410 e. The van der Waals surface area contributed by atoms with Crippen LogP contribution in [0, 0.1) is 5.92 Å². The largest absolute Gasteiger partial charge is 0.444 e. The van der Waals surface area contributed by atoms with Gasteiger partial charge in [0.2, 0.25) is 0 Å². The van der Waals surface area contributed by atoms with E-state index in [9.17, 15) is 4.79 Å². The number of ether oxygens (including phenoxy) is 1. The van der Waals surface area contributed by atoms with Crippen molar-refractivity contribution in [1.82, 2.24) is 10.2 Å². The van der Waals surface area contributed by atoms with E-state index in [0.29, 0.717) is 5.92 Å². The number of likely N-dealkylation sites (tertiary alicyclic amines) is 1. The van der Waals surface area contributed by atoms with E-state index in [1.807, 2.05) is 33.0 Å². The third kappa shape index (κ3) is 4.00. The van der Waals surface area contributed by atoms with Gasteiger partial charge in [-0.25, -0.2) is 4.79 Å². The average Bonchev–Trinajstić information content (AvgIpc) is 2.38. The molecule has 1 amide bonds. The third-order valence-corrected chi connectivity index (χ3v) is 3.56. The van der Waals surface area contributed by atoms with Crippen molar-refractivity contribution in [2.45, 2.75) is 45.4 Å². The molecule has 112 valence electrons. The van der Waals surface area contributed by atoms with Gasteiger partial charge in [0.25, 0.3) is 0 Å². The van der Waals surface area contributed by atoms with Gasteiger partial charge in [-0.3, -0.25) is 0 Å². The molecule has 3 N–H and O–H groups in total. The van der Waals surface area contributed by atoms with Gasteiger partial charge in [-0.1, -0.05) is 6.08 Å². The number of hydrogen-bond acceptors (Lipinski definition) is 4. The Balaban J connectivity index is 1.84. The Hall–Kier alpha value is -1.49. The molecule has 5 nitrogen and oxygen atoms in total. The van der Waals surface area contributed by atoms with E-state index in [2.05, 4.69) is 11.4 Å². The molecule has 0 saturated carbocycles. The monoisotopic (exact) mass is 279 g/mol. The molecule has 2 aliphatic heterocycles. The molecule has 1 fully saturated rings. The lowest BCUT2D eigenvalue weighted by Crippen LogP contribution is -2.42. The van der Waals surface area contributed by atoms with Gasteiger partial charge in [-0.15, -0.1) is 0 Å². The van der Waals surface area contributed by atoms with E-state index >= 15 is 0 Å². The molecular formula is C15H25N3O2. The maximum absolute atomic E-state index is 12.0. The molecule has 2 aliphatic rings. The normalized spacial score (nSPS) is 24.1. The van der Waals surface area contributed by atoms with Crippen LogP contribution in [0.2, 0.25) is 0 Å². The highest BCUT2D eigenvalue weighted by atomic mass is 16.6. The minimum atomic E-state index is -0.428. The van der Waals surface area contributed by atoms with Crippen LogP contribution < -0.4 is 11.1 Å². The molecule has 2 heterocycles. The Morgan fingerprint density at radius 2 is 2.05 bits per heavy atom. The van der Waals surface area contributed by atoms with Gasteiger partial charge in [0.15, 0.2) is 0 Å². The van der Waals surface area contributed by atoms with Crippen molar-refractivity contribution in [2.75, 3.05) is 13.1 Å². The van der Waals surface area contributed by atoms with Crippen molar-refractivity contribution < 1.29 is 9.53 Å². The van der Waals surface area contributed by atoms with E-state index in [0.717, 1.165) is 25.9 Å². The molecule has 2 rings (SSSR count). The van der Waals surface area contributed by atoms with Crippen LogP contribution in [0.25, 0.3) is 0 Å². The Morgan fingerprint density at radius 3 is 2.55 bits per heavy atom. The quantitative estimate of drug-likeness (QED) is 0.770. The molecule has 0 bridgehead atoms. The predicted molar refractivity (Wildman–Crippen MR) is 78.9 cm³/mol. The lowest BCUT2D eigenvalue weighted by atomic mass is 9.88. The fraction of sp³-hybridized carbons (Fsp3) is 0.667. The molecule has 1 saturated heterocycles. The first kappa shape index (κ1) is 14.9. The summed E-state index contributed by atoms with van der Waals surface area (Å²) in [6.07, 6.45) is 7.70. The van der Waals surface area contributed by atoms with Gasteiger partial charge in [0.1, 0.15) is 5.60 Å². The number of carbonyl (C=O) groups excluding carboxylic acids is 1. The second-order valence-corrected chi connectivity index (χ2v) is 6.44. The first-order chi connectivity index (χ1) is 9.35. The lowest BCUT2D eigenvalue weighted by Gasteiger charge is -2.34. The molecule has 1 unspecified atom stereocenters. The summed E-state index contributed by atoms with van der Waals surface area (Å²) in [6.45, 7) is 7.17. The highest BCUT2D eigenvalue weighted by Crippen LogP contribution is 2.27. The zero-order valence-corrected chi connectivity index (χ0v) is 12.6. The topological polar surface area (TPSA) is 67.6 Å². The summed E-state index contributed by atoms with van der Waals surface area (Å²) in [4.78, 5) is 13.8. The van der Waals surface area contributed by atoms with E-state index in [4.69, 9.17) is 10.5 Å². The standard InChI is InChI=1S/C15H25N3O2/c1-15(2,3)20-14(19)18-8-6-11(7-9-18)12-4-5-13(16)17-10-12/h4-5,10-11,13,17H,6-9,16H2,1-3H3. The number of hydrogen-bond donors (Lipinski definition) is 2.